The minimum Gasteiger partial charge on any atom is -0.272 e. The molecule has 10 heavy (non-hydrogen) atoms. The van der Waals surface area contributed by atoms with Crippen molar-refractivity contribution in [1.29, 1.82) is 0 Å². The van der Waals surface area contributed by atoms with Crippen LogP contribution in [0.1, 0.15) is 6.92 Å². The van der Waals surface area contributed by atoms with Crippen molar-refractivity contribution in [2.75, 3.05) is 0 Å². The standard InChI is InChI=1S/C5H6F2N2S/c1-5(6,7)10-4-2-3-8-9-4/h2-3H,1H3,(H,8,9). The van der Waals surface area contributed by atoms with Crippen LogP contribution in [0.3, 0.4) is 0 Å². The van der Waals surface area contributed by atoms with Crippen LogP contribution in [0.4, 0.5) is 8.78 Å². The van der Waals surface area contributed by atoms with Crippen molar-refractivity contribution in [1.82, 2.24) is 10.2 Å². The fraction of sp³-hybridized carbons (Fsp3) is 0.400. The minimum atomic E-state index is -2.73. The Hall–Kier alpha value is -0.580. The Balaban J connectivity index is 2.57. The van der Waals surface area contributed by atoms with Crippen LogP contribution in [0.25, 0.3) is 0 Å². The van der Waals surface area contributed by atoms with E-state index in [1.807, 2.05) is 0 Å². The summed E-state index contributed by atoms with van der Waals surface area (Å²) in [5.41, 5.74) is 0. The first-order valence-electron chi connectivity index (χ1n) is 2.64. The normalized spacial score (nSPS) is 11.9. The van der Waals surface area contributed by atoms with E-state index in [0.717, 1.165) is 6.92 Å². The van der Waals surface area contributed by atoms with E-state index in [2.05, 4.69) is 10.2 Å². The molecule has 0 aliphatic heterocycles. The second-order valence-electron chi connectivity index (χ2n) is 1.83. The van der Waals surface area contributed by atoms with Gasteiger partial charge in [-0.3, -0.25) is 5.10 Å². The molecular formula is C5H6F2N2S. The summed E-state index contributed by atoms with van der Waals surface area (Å²) in [5.74, 6) is 0. The van der Waals surface area contributed by atoms with Crippen molar-refractivity contribution >= 4 is 11.8 Å². The summed E-state index contributed by atoms with van der Waals surface area (Å²) < 4.78 is 24.4. The number of hydrogen-bond acceptors (Lipinski definition) is 2. The topological polar surface area (TPSA) is 28.7 Å². The maximum atomic E-state index is 12.2. The lowest BCUT2D eigenvalue weighted by Crippen LogP contribution is -2.01. The summed E-state index contributed by atoms with van der Waals surface area (Å²) in [6, 6.07) is 1.50. The first kappa shape index (κ1) is 7.53. The summed E-state index contributed by atoms with van der Waals surface area (Å²) in [6.07, 6.45) is 1.44. The third kappa shape index (κ3) is 2.34. The van der Waals surface area contributed by atoms with Crippen LogP contribution in [-0.4, -0.2) is 15.5 Å². The molecule has 1 N–H and O–H groups in total. The minimum absolute atomic E-state index is 0.382. The van der Waals surface area contributed by atoms with Crippen LogP contribution in [0.15, 0.2) is 17.3 Å². The van der Waals surface area contributed by atoms with Crippen LogP contribution in [0.2, 0.25) is 0 Å². The lowest BCUT2D eigenvalue weighted by molar-refractivity contribution is 0.129. The smallest absolute Gasteiger partial charge is 0.272 e. The predicted molar refractivity (Wildman–Crippen MR) is 35.1 cm³/mol. The van der Waals surface area contributed by atoms with E-state index in [4.69, 9.17) is 0 Å². The van der Waals surface area contributed by atoms with Crippen molar-refractivity contribution in [3.05, 3.63) is 12.3 Å². The Morgan fingerprint density at radius 3 is 2.80 bits per heavy atom. The van der Waals surface area contributed by atoms with E-state index in [-0.39, 0.29) is 0 Å². The summed E-state index contributed by atoms with van der Waals surface area (Å²) in [4.78, 5) is 0. The van der Waals surface area contributed by atoms with Gasteiger partial charge in [0, 0.05) is 13.1 Å². The molecule has 0 fully saturated rings. The maximum absolute atomic E-state index is 12.2. The SMILES string of the molecule is CC(F)(F)Sc1ccn[nH]1. The van der Waals surface area contributed by atoms with Crippen molar-refractivity contribution in [2.45, 2.75) is 17.2 Å². The number of halogens is 2. The number of nitrogens with zero attached hydrogens (tertiary/aromatic N) is 1. The van der Waals surface area contributed by atoms with Crippen molar-refractivity contribution in [2.24, 2.45) is 0 Å². The highest BCUT2D eigenvalue weighted by Crippen LogP contribution is 2.33. The van der Waals surface area contributed by atoms with Gasteiger partial charge in [0.2, 0.25) is 0 Å². The molecule has 2 nitrogen and oxygen atoms in total. The molecule has 0 bridgehead atoms. The Morgan fingerprint density at radius 2 is 2.40 bits per heavy atom. The fourth-order valence-corrected chi connectivity index (χ4v) is 1.11. The lowest BCUT2D eigenvalue weighted by atomic mass is 10.8. The predicted octanol–water partition coefficient (Wildman–Crippen LogP) is 2.11. The largest absolute Gasteiger partial charge is 0.296 e. The van der Waals surface area contributed by atoms with E-state index in [1.54, 1.807) is 0 Å². The molecule has 5 heteroatoms. The van der Waals surface area contributed by atoms with Gasteiger partial charge in [-0.15, -0.1) is 0 Å². The van der Waals surface area contributed by atoms with E-state index in [1.165, 1.54) is 12.3 Å². The number of alkyl halides is 2. The zero-order chi connectivity index (χ0) is 7.61. The van der Waals surface area contributed by atoms with E-state index in [9.17, 15) is 8.78 Å². The second-order valence-corrected chi connectivity index (χ2v) is 3.19. The van der Waals surface area contributed by atoms with Gasteiger partial charge in [-0.1, -0.05) is 0 Å². The number of nitrogens with one attached hydrogen (secondary N) is 1. The molecule has 0 aromatic carbocycles. The van der Waals surface area contributed by atoms with Gasteiger partial charge in [0.05, 0.1) is 5.03 Å². The van der Waals surface area contributed by atoms with Crippen molar-refractivity contribution in [3.8, 4) is 0 Å². The van der Waals surface area contributed by atoms with E-state index < -0.39 is 5.25 Å². The highest BCUT2D eigenvalue weighted by molar-refractivity contribution is 8.00. The average molecular weight is 164 g/mol. The Bertz CT molecular complexity index is 192. The number of thioether (sulfide) groups is 1. The van der Waals surface area contributed by atoms with Crippen LogP contribution >= 0.6 is 11.8 Å². The molecule has 0 amide bonds. The Kier molecular flexibility index (Phi) is 1.94. The highest BCUT2D eigenvalue weighted by atomic mass is 32.2. The van der Waals surface area contributed by atoms with Crippen molar-refractivity contribution < 1.29 is 8.78 Å². The van der Waals surface area contributed by atoms with Crippen LogP contribution in [0.5, 0.6) is 0 Å². The van der Waals surface area contributed by atoms with Crippen LogP contribution in [0, 0.1) is 0 Å². The number of hydrogen-bond donors (Lipinski definition) is 1. The van der Waals surface area contributed by atoms with Crippen LogP contribution < -0.4 is 0 Å². The Morgan fingerprint density at radius 1 is 1.70 bits per heavy atom. The highest BCUT2D eigenvalue weighted by Gasteiger charge is 2.23. The second kappa shape index (κ2) is 2.57. The van der Waals surface area contributed by atoms with Gasteiger partial charge in [0.25, 0.3) is 5.25 Å². The van der Waals surface area contributed by atoms with E-state index in [0.29, 0.717) is 16.8 Å². The number of rotatable bonds is 2. The third-order valence-corrected chi connectivity index (χ3v) is 1.57. The molecule has 0 aliphatic carbocycles. The zero-order valence-corrected chi connectivity index (χ0v) is 6.08. The molecular weight excluding hydrogens is 158 g/mol. The first-order chi connectivity index (χ1) is 4.58. The summed E-state index contributed by atoms with van der Waals surface area (Å²) in [7, 11) is 0. The molecule has 0 aliphatic rings. The number of H-pyrrole nitrogens is 1. The van der Waals surface area contributed by atoms with Gasteiger partial charge in [-0.05, 0) is 17.8 Å². The number of aromatic amines is 1. The maximum Gasteiger partial charge on any atom is 0.296 e. The van der Waals surface area contributed by atoms with Gasteiger partial charge < -0.3 is 0 Å². The summed E-state index contributed by atoms with van der Waals surface area (Å²) >= 11 is 0.456. The lowest BCUT2D eigenvalue weighted by Gasteiger charge is -2.05. The van der Waals surface area contributed by atoms with Gasteiger partial charge >= 0.3 is 0 Å². The molecule has 0 atom stereocenters. The van der Waals surface area contributed by atoms with Crippen molar-refractivity contribution in [3.63, 3.8) is 0 Å². The van der Waals surface area contributed by atoms with Gasteiger partial charge in [0.15, 0.2) is 0 Å². The quantitative estimate of drug-likeness (QED) is 0.678. The molecule has 1 aromatic rings. The molecule has 1 rings (SSSR count). The summed E-state index contributed by atoms with van der Waals surface area (Å²) in [6.45, 7) is 0.846. The molecule has 56 valence electrons. The van der Waals surface area contributed by atoms with Gasteiger partial charge in [-0.25, -0.2) is 0 Å². The zero-order valence-electron chi connectivity index (χ0n) is 5.27. The summed E-state index contributed by atoms with van der Waals surface area (Å²) in [5, 5.41) is 3.61. The molecule has 1 heterocycles. The molecule has 1 aromatic heterocycles. The number of aromatic nitrogens is 2. The molecule has 0 radical (unpaired) electrons. The van der Waals surface area contributed by atoms with Gasteiger partial charge in [0.1, 0.15) is 0 Å². The first-order valence-corrected chi connectivity index (χ1v) is 3.46. The Labute approximate surface area is 61.0 Å². The molecule has 0 saturated heterocycles. The monoisotopic (exact) mass is 164 g/mol. The average Bonchev–Trinajstić information content (AvgIpc) is 2.12. The third-order valence-electron chi connectivity index (χ3n) is 0.764. The van der Waals surface area contributed by atoms with E-state index >= 15 is 0 Å². The van der Waals surface area contributed by atoms with Crippen LogP contribution in [-0.2, 0) is 0 Å². The fourth-order valence-electron chi connectivity index (χ4n) is 0.493. The van der Waals surface area contributed by atoms with Gasteiger partial charge in [-0.2, -0.15) is 13.9 Å². The molecule has 0 saturated carbocycles. The molecule has 0 unspecified atom stereocenters. The molecule has 0 spiro atoms.